The predicted octanol–water partition coefficient (Wildman–Crippen LogP) is 4.63. The first kappa shape index (κ1) is 19.7. The van der Waals surface area contributed by atoms with E-state index in [0.29, 0.717) is 24.2 Å². The van der Waals surface area contributed by atoms with Crippen LogP contribution in [-0.2, 0) is 11.3 Å². The van der Waals surface area contributed by atoms with Crippen molar-refractivity contribution < 1.29 is 9.90 Å². The molecule has 0 saturated heterocycles. The van der Waals surface area contributed by atoms with Crippen molar-refractivity contribution in [3.8, 4) is 0 Å². The van der Waals surface area contributed by atoms with E-state index in [1.165, 1.54) is 38.5 Å². The van der Waals surface area contributed by atoms with Crippen LogP contribution in [0.25, 0.3) is 11.0 Å². The molecular formula is C27H35N3O2. The van der Waals surface area contributed by atoms with Gasteiger partial charge >= 0.3 is 0 Å². The summed E-state index contributed by atoms with van der Waals surface area (Å²) in [6.07, 6.45) is 10.7. The summed E-state index contributed by atoms with van der Waals surface area (Å²) in [5.41, 5.74) is 1.59. The first-order valence-electron chi connectivity index (χ1n) is 13.0. The van der Waals surface area contributed by atoms with E-state index in [1.807, 2.05) is 24.3 Å². The van der Waals surface area contributed by atoms with Crippen LogP contribution in [0.3, 0.4) is 0 Å². The van der Waals surface area contributed by atoms with E-state index in [4.69, 9.17) is 0 Å². The number of carbonyl (C=O) groups is 1. The van der Waals surface area contributed by atoms with Gasteiger partial charge in [-0.3, -0.25) is 4.79 Å². The minimum atomic E-state index is -0.284. The number of carbonyl (C=O) groups excluding carboxylic acids is 1. The molecule has 0 radical (unpaired) electrons. The highest BCUT2D eigenvalue weighted by Gasteiger charge is 2.65. The zero-order chi connectivity index (χ0) is 21.7. The van der Waals surface area contributed by atoms with Crippen LogP contribution in [0.15, 0.2) is 24.3 Å². The van der Waals surface area contributed by atoms with Crippen LogP contribution in [0.5, 0.6) is 0 Å². The van der Waals surface area contributed by atoms with Crippen LogP contribution in [0.4, 0.5) is 0 Å². The second kappa shape index (κ2) is 6.65. The smallest absolute Gasteiger partial charge is 0.159 e. The summed E-state index contributed by atoms with van der Waals surface area (Å²) in [5, 5.41) is 19.8. The molecule has 1 N–H and O–H groups in total. The number of nitrogens with zero attached hydrogens (tertiary/aromatic N) is 3. The first-order valence-corrected chi connectivity index (χ1v) is 13.0. The fourth-order valence-electron chi connectivity index (χ4n) is 9.44. The van der Waals surface area contributed by atoms with Gasteiger partial charge in [0.05, 0.1) is 5.60 Å². The third kappa shape index (κ3) is 2.69. The van der Waals surface area contributed by atoms with Crippen molar-refractivity contribution in [2.75, 3.05) is 0 Å². The summed E-state index contributed by atoms with van der Waals surface area (Å²) >= 11 is 0. The number of hydrogen-bond donors (Lipinski definition) is 1. The minimum Gasteiger partial charge on any atom is -0.390 e. The summed E-state index contributed by atoms with van der Waals surface area (Å²) < 4.78 is 0. The van der Waals surface area contributed by atoms with E-state index < -0.39 is 0 Å². The van der Waals surface area contributed by atoms with E-state index in [0.717, 1.165) is 54.0 Å². The molecule has 32 heavy (non-hydrogen) atoms. The largest absolute Gasteiger partial charge is 0.390 e. The zero-order valence-electron chi connectivity index (χ0n) is 19.1. The topological polar surface area (TPSA) is 68.0 Å². The Kier molecular flexibility index (Phi) is 4.09. The molecule has 0 amide bonds. The van der Waals surface area contributed by atoms with E-state index in [1.54, 1.807) is 4.80 Å². The second-order valence-corrected chi connectivity index (χ2v) is 12.2. The van der Waals surface area contributed by atoms with E-state index in [9.17, 15) is 9.90 Å². The van der Waals surface area contributed by atoms with Gasteiger partial charge in [-0.1, -0.05) is 19.1 Å². The van der Waals surface area contributed by atoms with E-state index >= 15 is 0 Å². The lowest BCUT2D eigenvalue weighted by atomic mass is 9.49. The molecule has 2 aromatic rings. The van der Waals surface area contributed by atoms with E-state index in [-0.39, 0.29) is 16.9 Å². The molecule has 5 aliphatic carbocycles. The van der Waals surface area contributed by atoms with Gasteiger partial charge in [0.2, 0.25) is 0 Å². The summed E-state index contributed by atoms with van der Waals surface area (Å²) in [5.74, 6) is 5.03. The van der Waals surface area contributed by atoms with Crippen molar-refractivity contribution in [1.82, 2.24) is 15.0 Å². The lowest BCUT2D eigenvalue weighted by Gasteiger charge is -2.56. The highest BCUT2D eigenvalue weighted by Crippen LogP contribution is 2.68. The molecule has 5 aliphatic rings. The number of hydrogen-bond acceptors (Lipinski definition) is 4. The zero-order valence-corrected chi connectivity index (χ0v) is 19.1. The Hall–Kier alpha value is -1.75. The average Bonchev–Trinajstić information content (AvgIpc) is 3.13. The average molecular weight is 434 g/mol. The van der Waals surface area contributed by atoms with Crippen molar-refractivity contribution in [3.63, 3.8) is 0 Å². The number of Topliss-reactive ketones (excluding diaryl/α,β-unsaturated/α-hetero) is 1. The van der Waals surface area contributed by atoms with Gasteiger partial charge in [0.1, 0.15) is 17.6 Å². The summed E-state index contributed by atoms with van der Waals surface area (Å²) in [7, 11) is 0. The van der Waals surface area contributed by atoms with Gasteiger partial charge in [-0.05, 0) is 111 Å². The normalized spacial score (nSPS) is 46.8. The highest BCUT2D eigenvalue weighted by atomic mass is 16.3. The summed E-state index contributed by atoms with van der Waals surface area (Å²) in [6, 6.07) is 7.85. The number of rotatable bonds is 3. The molecule has 170 valence electrons. The predicted molar refractivity (Wildman–Crippen MR) is 122 cm³/mol. The van der Waals surface area contributed by atoms with Crippen LogP contribution in [0.1, 0.15) is 64.7 Å². The van der Waals surface area contributed by atoms with Crippen LogP contribution >= 0.6 is 0 Å². The first-order chi connectivity index (χ1) is 15.5. The van der Waals surface area contributed by atoms with Crippen molar-refractivity contribution in [2.45, 2.75) is 76.9 Å². The Labute approximate surface area is 189 Å². The maximum atomic E-state index is 13.5. The van der Waals surface area contributed by atoms with Crippen molar-refractivity contribution in [2.24, 2.45) is 46.8 Å². The summed E-state index contributed by atoms with van der Waals surface area (Å²) in [4.78, 5) is 15.1. The number of fused-ring (bicyclic) bond motifs is 8. The van der Waals surface area contributed by atoms with Crippen LogP contribution < -0.4 is 0 Å². The van der Waals surface area contributed by atoms with Gasteiger partial charge in [0.25, 0.3) is 0 Å². The quantitative estimate of drug-likeness (QED) is 0.766. The molecule has 9 atom stereocenters. The Bertz CT molecular complexity index is 1050. The molecule has 0 bridgehead atoms. The summed E-state index contributed by atoms with van der Waals surface area (Å²) in [6.45, 7) is 2.74. The molecule has 1 aromatic carbocycles. The molecular weight excluding hydrogens is 398 g/mol. The maximum Gasteiger partial charge on any atom is 0.159 e. The molecule has 0 aliphatic heterocycles. The van der Waals surface area contributed by atoms with Crippen LogP contribution in [-0.4, -0.2) is 31.5 Å². The molecule has 5 saturated carbocycles. The van der Waals surface area contributed by atoms with Crippen LogP contribution in [0, 0.1) is 46.8 Å². The van der Waals surface area contributed by atoms with Gasteiger partial charge in [0, 0.05) is 5.92 Å². The fourth-order valence-corrected chi connectivity index (χ4v) is 9.44. The Morgan fingerprint density at radius 1 is 0.938 bits per heavy atom. The van der Waals surface area contributed by atoms with Gasteiger partial charge in [-0.15, -0.1) is 0 Å². The number of ketones is 1. The van der Waals surface area contributed by atoms with Crippen molar-refractivity contribution in [3.05, 3.63) is 24.3 Å². The lowest BCUT2D eigenvalue weighted by molar-refractivity contribution is -0.132. The lowest BCUT2D eigenvalue weighted by Crippen LogP contribution is -2.50. The fraction of sp³-hybridized carbons (Fsp3) is 0.741. The van der Waals surface area contributed by atoms with Crippen LogP contribution in [0.2, 0.25) is 0 Å². The highest BCUT2D eigenvalue weighted by molar-refractivity contribution is 5.82. The second-order valence-electron chi connectivity index (χ2n) is 12.2. The number of aliphatic hydroxyl groups is 1. The van der Waals surface area contributed by atoms with Gasteiger partial charge < -0.3 is 5.11 Å². The number of aromatic nitrogens is 3. The Morgan fingerprint density at radius 2 is 1.59 bits per heavy atom. The maximum absolute atomic E-state index is 13.5. The van der Waals surface area contributed by atoms with Crippen molar-refractivity contribution >= 4 is 16.8 Å². The van der Waals surface area contributed by atoms with Gasteiger partial charge in [0.15, 0.2) is 5.78 Å². The molecule has 1 heterocycles. The molecule has 0 spiro atoms. The van der Waals surface area contributed by atoms with Gasteiger partial charge in [-0.2, -0.15) is 15.0 Å². The Morgan fingerprint density at radius 3 is 2.31 bits per heavy atom. The molecule has 5 heteroatoms. The standard InChI is InChI=1S/C27H35N3O2/c1-26-12-10-16-17-11-13-27(32)14-22(27)19(17)7-6-18(16)20(26)8-9-21(26)25(31)15-30-28-23-4-2-3-5-24(23)29-30/h2-5,16-22,32H,6-15H2,1H3/t16-,17-,18-,19-,20+,21-,22?,26+,27+/m1/s1. The van der Waals surface area contributed by atoms with Gasteiger partial charge in [-0.25, -0.2) is 0 Å². The monoisotopic (exact) mass is 433 g/mol. The third-order valence-corrected chi connectivity index (χ3v) is 11.0. The minimum absolute atomic E-state index is 0.145. The SMILES string of the molecule is C[C@]12CC[C@@H]3[C@H]4CC[C@]5(O)CC5[C@@H]4CC[C@H]3[C@@H]1CC[C@@H]2C(=O)Cn1nc2ccccc2n1. The third-order valence-electron chi connectivity index (χ3n) is 11.0. The van der Waals surface area contributed by atoms with E-state index in [2.05, 4.69) is 17.1 Å². The van der Waals surface area contributed by atoms with Crippen molar-refractivity contribution in [1.29, 1.82) is 0 Å². The molecule has 5 fully saturated rings. The Balaban J connectivity index is 1.09. The number of benzene rings is 1. The molecule has 7 rings (SSSR count). The molecule has 1 unspecified atom stereocenters. The molecule has 5 nitrogen and oxygen atoms in total. The molecule has 1 aromatic heterocycles.